The number of carbonyl (C=O) groups is 1. The number of pyridine rings is 2. The van der Waals surface area contributed by atoms with Gasteiger partial charge in [-0.05, 0) is 75.6 Å². The minimum atomic E-state index is 0.0334. The number of aromatic nitrogens is 2. The summed E-state index contributed by atoms with van der Waals surface area (Å²) < 4.78 is 0. The van der Waals surface area contributed by atoms with Gasteiger partial charge in [-0.25, -0.2) is 9.97 Å². The topological polar surface area (TPSA) is 90.4 Å². The maximum atomic E-state index is 12.7. The van der Waals surface area contributed by atoms with Crippen molar-refractivity contribution in [2.45, 2.75) is 103 Å². The summed E-state index contributed by atoms with van der Waals surface area (Å²) in [6, 6.07) is 4.62. The number of unbranched alkanes of at least 4 members (excludes halogenated alkanes) is 4. The molecular weight excluding hydrogens is 484 g/mol. The maximum Gasteiger partial charge on any atom is 0.153 e. The van der Waals surface area contributed by atoms with Gasteiger partial charge in [0, 0.05) is 11.4 Å². The van der Waals surface area contributed by atoms with Crippen LogP contribution in [0.2, 0.25) is 0 Å². The molecule has 0 bridgehead atoms. The number of carbonyl (C=O) groups excluding carboxylic acids is 1. The highest BCUT2D eigenvalue weighted by Gasteiger charge is 2.18. The lowest BCUT2D eigenvalue weighted by molar-refractivity contribution is -0.114. The largest absolute Gasteiger partial charge is 0.298 e. The third-order valence-electron chi connectivity index (χ3n) is 6.52. The van der Waals surface area contributed by atoms with E-state index in [2.05, 4.69) is 26.0 Å². The Kier molecular flexibility index (Phi) is 12.5. The van der Waals surface area contributed by atoms with Gasteiger partial charge in [0.05, 0.1) is 22.6 Å². The molecule has 0 saturated heterocycles. The van der Waals surface area contributed by atoms with Gasteiger partial charge in [0.2, 0.25) is 0 Å². The molecule has 2 aromatic rings. The monoisotopic (exact) mass is 522 g/mol. The smallest absolute Gasteiger partial charge is 0.153 e. The Morgan fingerprint density at radius 1 is 0.722 bits per heavy atom. The molecule has 0 spiro atoms. The predicted octanol–water partition coefficient (Wildman–Crippen LogP) is 7.37. The van der Waals surface area contributed by atoms with E-state index in [9.17, 15) is 15.3 Å². The van der Waals surface area contributed by atoms with E-state index in [4.69, 9.17) is 9.97 Å². The molecule has 0 saturated carbocycles. The molecule has 2 heterocycles. The normalized spacial score (nSPS) is 10.8. The van der Waals surface area contributed by atoms with Gasteiger partial charge < -0.3 is 0 Å². The molecule has 5 nitrogen and oxygen atoms in total. The van der Waals surface area contributed by atoms with Gasteiger partial charge in [-0.2, -0.15) is 10.5 Å². The van der Waals surface area contributed by atoms with Gasteiger partial charge >= 0.3 is 0 Å². The van der Waals surface area contributed by atoms with Crippen molar-refractivity contribution in [2.24, 2.45) is 0 Å². The number of nitrogens with zero attached hydrogens (tertiary/aromatic N) is 4. The molecule has 0 aliphatic rings. The highest BCUT2D eigenvalue weighted by atomic mass is 32.2. The van der Waals surface area contributed by atoms with Crippen molar-refractivity contribution in [3.8, 4) is 12.1 Å². The Hall–Kier alpha value is -2.35. The van der Waals surface area contributed by atoms with Crippen LogP contribution in [0.4, 0.5) is 0 Å². The Bertz CT molecular complexity index is 1070. The number of Topliss-reactive ketones (excluding diaryl/α,β-unsaturated/α-hetero) is 1. The Balaban J connectivity index is 2.09. The van der Waals surface area contributed by atoms with Crippen LogP contribution in [0.5, 0.6) is 0 Å². The first-order valence-corrected chi connectivity index (χ1v) is 14.8. The lowest BCUT2D eigenvalue weighted by atomic mass is 9.98. The highest BCUT2D eigenvalue weighted by Crippen LogP contribution is 2.30. The fraction of sp³-hybridized carbons (Fsp3) is 0.552. The summed E-state index contributed by atoms with van der Waals surface area (Å²) in [6.45, 7) is 12.3. The summed E-state index contributed by atoms with van der Waals surface area (Å²) >= 11 is 2.66. The first-order chi connectivity index (χ1) is 17.3. The highest BCUT2D eigenvalue weighted by molar-refractivity contribution is 8.01. The van der Waals surface area contributed by atoms with Crippen LogP contribution in [0.15, 0.2) is 10.1 Å². The molecular formula is C29H38N4OS2. The van der Waals surface area contributed by atoms with Crippen LogP contribution in [0.1, 0.15) is 97.1 Å². The van der Waals surface area contributed by atoms with E-state index >= 15 is 0 Å². The molecule has 0 radical (unpaired) electrons. The minimum Gasteiger partial charge on any atom is -0.298 e. The number of hydrogen-bond acceptors (Lipinski definition) is 7. The standard InChI is InChI=1S/C29H38N4OS2/c1-7-9-11-13-24-19(3)26(15-30)28(32-21(24)5)35-17-23(34)18-36-29-27(16-31)20(4)25(22(6)33-29)14-12-10-8-2/h7-14,17-18H2,1-6H3. The van der Waals surface area contributed by atoms with Crippen molar-refractivity contribution >= 4 is 29.3 Å². The summed E-state index contributed by atoms with van der Waals surface area (Å²) in [5.41, 5.74) is 7.33. The van der Waals surface area contributed by atoms with Gasteiger partial charge in [0.1, 0.15) is 22.2 Å². The van der Waals surface area contributed by atoms with Crippen molar-refractivity contribution in [3.63, 3.8) is 0 Å². The molecule has 0 fully saturated rings. The van der Waals surface area contributed by atoms with Crippen LogP contribution in [0.3, 0.4) is 0 Å². The van der Waals surface area contributed by atoms with Crippen LogP contribution in [0.25, 0.3) is 0 Å². The third kappa shape index (κ3) is 7.82. The van der Waals surface area contributed by atoms with Crippen molar-refractivity contribution in [1.82, 2.24) is 9.97 Å². The zero-order valence-corrected chi connectivity index (χ0v) is 24.2. The van der Waals surface area contributed by atoms with Gasteiger partial charge in [-0.15, -0.1) is 0 Å². The van der Waals surface area contributed by atoms with E-state index in [0.29, 0.717) is 21.2 Å². The summed E-state index contributed by atoms with van der Waals surface area (Å²) in [4.78, 5) is 22.1. The molecule has 0 aromatic carbocycles. The summed E-state index contributed by atoms with van der Waals surface area (Å²) in [6.07, 6.45) is 8.65. The van der Waals surface area contributed by atoms with E-state index in [-0.39, 0.29) is 17.3 Å². The van der Waals surface area contributed by atoms with Gasteiger partial charge in [-0.1, -0.05) is 63.1 Å². The molecule has 192 valence electrons. The van der Waals surface area contributed by atoms with E-state index in [1.165, 1.54) is 23.5 Å². The number of ketones is 1. The second kappa shape index (κ2) is 15.0. The average Bonchev–Trinajstić information content (AvgIpc) is 2.85. The van der Waals surface area contributed by atoms with Crippen molar-refractivity contribution in [3.05, 3.63) is 44.8 Å². The van der Waals surface area contributed by atoms with Gasteiger partial charge in [-0.3, -0.25) is 4.79 Å². The van der Waals surface area contributed by atoms with Crippen LogP contribution in [-0.2, 0) is 17.6 Å². The first-order valence-electron chi connectivity index (χ1n) is 12.9. The quantitative estimate of drug-likeness (QED) is 0.189. The lowest BCUT2D eigenvalue weighted by Crippen LogP contribution is -2.09. The molecule has 0 aliphatic carbocycles. The van der Waals surface area contributed by atoms with Crippen LogP contribution in [-0.4, -0.2) is 27.3 Å². The predicted molar refractivity (Wildman–Crippen MR) is 150 cm³/mol. The molecule has 36 heavy (non-hydrogen) atoms. The number of thioether (sulfide) groups is 2. The van der Waals surface area contributed by atoms with Crippen molar-refractivity contribution in [2.75, 3.05) is 11.5 Å². The Morgan fingerprint density at radius 3 is 1.44 bits per heavy atom. The molecule has 7 heteroatoms. The summed E-state index contributed by atoms with van der Waals surface area (Å²) in [7, 11) is 0. The maximum absolute atomic E-state index is 12.7. The molecule has 0 unspecified atom stereocenters. The first kappa shape index (κ1) is 29.9. The SMILES string of the molecule is CCCCCc1c(C)nc(SCC(=O)CSc2nc(C)c(CCCCC)c(C)c2C#N)c(C#N)c1C. The number of nitriles is 2. The summed E-state index contributed by atoms with van der Waals surface area (Å²) in [5.74, 6) is 0.501. The van der Waals surface area contributed by atoms with Crippen LogP contribution >= 0.6 is 23.5 Å². The third-order valence-corrected chi connectivity index (χ3v) is 8.59. The van der Waals surface area contributed by atoms with Gasteiger partial charge in [0.25, 0.3) is 0 Å². The van der Waals surface area contributed by atoms with E-state index in [1.54, 1.807) is 0 Å². The van der Waals surface area contributed by atoms with E-state index < -0.39 is 0 Å². The Labute approximate surface area is 225 Å². The zero-order valence-electron chi connectivity index (χ0n) is 22.6. The molecule has 2 aromatic heterocycles. The van der Waals surface area contributed by atoms with Crippen molar-refractivity contribution in [1.29, 1.82) is 10.5 Å². The fourth-order valence-corrected chi connectivity index (χ4v) is 6.39. The molecule has 2 rings (SSSR count). The fourth-order valence-electron chi connectivity index (χ4n) is 4.37. The van der Waals surface area contributed by atoms with Crippen LogP contribution < -0.4 is 0 Å². The molecule has 0 atom stereocenters. The van der Waals surface area contributed by atoms with Gasteiger partial charge in [0.15, 0.2) is 5.78 Å². The second-order valence-corrected chi connectivity index (χ2v) is 11.1. The van der Waals surface area contributed by atoms with Crippen molar-refractivity contribution < 1.29 is 4.79 Å². The number of rotatable bonds is 14. The van der Waals surface area contributed by atoms with E-state index in [1.807, 2.05) is 27.7 Å². The second-order valence-electron chi connectivity index (χ2n) is 9.22. The Morgan fingerprint density at radius 2 is 1.11 bits per heavy atom. The molecule has 0 amide bonds. The van der Waals surface area contributed by atoms with Crippen LogP contribution in [0, 0.1) is 50.4 Å². The molecule has 0 aliphatic heterocycles. The van der Waals surface area contributed by atoms with E-state index in [0.717, 1.165) is 85.0 Å². The lowest BCUT2D eigenvalue weighted by Gasteiger charge is -2.14. The number of hydrogen-bond donors (Lipinski definition) is 0. The molecule has 0 N–H and O–H groups in total. The minimum absolute atomic E-state index is 0.0334. The summed E-state index contributed by atoms with van der Waals surface area (Å²) in [5, 5.41) is 20.8. The zero-order chi connectivity index (χ0) is 26.7. The average molecular weight is 523 g/mol. The number of aryl methyl sites for hydroxylation is 2.